The zero-order valence-electron chi connectivity index (χ0n) is 6.28. The summed E-state index contributed by atoms with van der Waals surface area (Å²) in [6, 6.07) is 0. The third-order valence-electron chi connectivity index (χ3n) is 1.43. The van der Waals surface area contributed by atoms with Gasteiger partial charge in [-0.2, -0.15) is 0 Å². The molecule has 0 unspecified atom stereocenters. The van der Waals surface area contributed by atoms with Crippen LogP contribution in [-0.2, 0) is 0 Å². The summed E-state index contributed by atoms with van der Waals surface area (Å²) in [6.45, 7) is 4.65. The fraction of sp³-hybridized carbons (Fsp3) is 1.00. The second-order valence-corrected chi connectivity index (χ2v) is 6.08. The standard InChI is InChI=1S/C6H18P2/c1-3-8(4-2)6-5-7/h3-6H2,1-2H3,7H4. The van der Waals surface area contributed by atoms with Gasteiger partial charge in [0.25, 0.3) is 0 Å². The van der Waals surface area contributed by atoms with Crippen molar-refractivity contribution in [2.45, 2.75) is 13.8 Å². The molecule has 2 heteroatoms. The Bertz CT molecular complexity index is 41.8. The molecule has 8 heavy (non-hydrogen) atoms. The molecule has 0 N–H and O–H groups in total. The minimum absolute atomic E-state index is 0.478. The first-order chi connectivity index (χ1) is 3.85. The Hall–Kier alpha value is 0.860. The van der Waals surface area contributed by atoms with E-state index in [1.807, 2.05) is 0 Å². The van der Waals surface area contributed by atoms with E-state index in [0.717, 1.165) is 0 Å². The summed E-state index contributed by atoms with van der Waals surface area (Å²) in [5.74, 6) is 0. The molecule has 0 aromatic carbocycles. The van der Waals surface area contributed by atoms with Gasteiger partial charge in [0.05, 0.1) is 0 Å². The Morgan fingerprint density at radius 1 is 1.25 bits per heavy atom. The van der Waals surface area contributed by atoms with Gasteiger partial charge in [0.15, 0.2) is 0 Å². The maximum atomic E-state index is 2.33. The monoisotopic (exact) mass is 152 g/mol. The number of hydrogen-bond acceptors (Lipinski definition) is 0. The summed E-state index contributed by atoms with van der Waals surface area (Å²) in [5.41, 5.74) is 0. The van der Waals surface area contributed by atoms with Crippen molar-refractivity contribution in [3.63, 3.8) is 0 Å². The van der Waals surface area contributed by atoms with Crippen molar-refractivity contribution in [2.24, 2.45) is 0 Å². The topological polar surface area (TPSA) is 0 Å². The fourth-order valence-corrected chi connectivity index (χ4v) is 4.47. The Morgan fingerprint density at radius 2 is 1.75 bits per heavy atom. The molecule has 0 aliphatic heterocycles. The van der Waals surface area contributed by atoms with E-state index >= 15 is 0 Å². The Labute approximate surface area is 56.4 Å². The zero-order valence-corrected chi connectivity index (χ0v) is 9.17. The van der Waals surface area contributed by atoms with Crippen LogP contribution < -0.4 is 0 Å². The van der Waals surface area contributed by atoms with Crippen LogP contribution in [0, 0.1) is 0 Å². The molecule has 0 spiro atoms. The molecule has 0 heterocycles. The van der Waals surface area contributed by atoms with E-state index in [9.17, 15) is 0 Å². The summed E-state index contributed by atoms with van der Waals surface area (Å²) in [4.78, 5) is 0. The molecule has 0 amide bonds. The zero-order chi connectivity index (χ0) is 6.41. The molecule has 0 fully saturated rings. The molecule has 0 bridgehead atoms. The quantitative estimate of drug-likeness (QED) is 0.539. The van der Waals surface area contributed by atoms with Crippen molar-refractivity contribution < 1.29 is 0 Å². The van der Waals surface area contributed by atoms with Crippen LogP contribution in [0.5, 0.6) is 0 Å². The normalized spacial score (nSPS) is 10.6. The van der Waals surface area contributed by atoms with Gasteiger partial charge in [0.2, 0.25) is 0 Å². The molecule has 0 saturated carbocycles. The van der Waals surface area contributed by atoms with E-state index in [1.165, 1.54) is 27.7 Å². The SMILES string of the molecule is CCP(CC)CC[PH4]. The molecular weight excluding hydrogens is 134 g/mol. The third-order valence-corrected chi connectivity index (χ3v) is 5.64. The van der Waals surface area contributed by atoms with Crippen LogP contribution in [0.3, 0.4) is 0 Å². The molecule has 0 aliphatic rings. The van der Waals surface area contributed by atoms with Crippen molar-refractivity contribution in [3.05, 3.63) is 0 Å². The van der Waals surface area contributed by atoms with Crippen LogP contribution in [0.2, 0.25) is 0 Å². The van der Waals surface area contributed by atoms with E-state index in [1.54, 1.807) is 6.16 Å². The molecule has 0 rings (SSSR count). The van der Waals surface area contributed by atoms with Crippen molar-refractivity contribution in [1.29, 1.82) is 0 Å². The summed E-state index contributed by atoms with van der Waals surface area (Å²) in [7, 11) is 1.89. The van der Waals surface area contributed by atoms with Gasteiger partial charge in [-0.1, -0.05) is 0 Å². The summed E-state index contributed by atoms with van der Waals surface area (Å²) in [5, 5.41) is 0. The summed E-state index contributed by atoms with van der Waals surface area (Å²) >= 11 is 0. The number of rotatable bonds is 4. The first-order valence-electron chi connectivity index (χ1n) is 3.57. The molecule has 52 valence electrons. The van der Waals surface area contributed by atoms with E-state index in [4.69, 9.17) is 0 Å². The number of hydrogen-bond donors (Lipinski definition) is 0. The molecule has 0 atom stereocenters. The Kier molecular flexibility index (Phi) is 6.63. The second kappa shape index (κ2) is 5.99. The van der Waals surface area contributed by atoms with Gasteiger partial charge in [-0.3, -0.25) is 0 Å². The van der Waals surface area contributed by atoms with Gasteiger partial charge >= 0.3 is 55.7 Å². The van der Waals surface area contributed by atoms with Crippen molar-refractivity contribution in [1.82, 2.24) is 0 Å². The van der Waals surface area contributed by atoms with Crippen LogP contribution in [0.15, 0.2) is 0 Å². The average molecular weight is 152 g/mol. The van der Waals surface area contributed by atoms with E-state index in [-0.39, 0.29) is 0 Å². The van der Waals surface area contributed by atoms with Crippen molar-refractivity contribution in [3.8, 4) is 0 Å². The van der Waals surface area contributed by atoms with E-state index in [2.05, 4.69) is 13.8 Å². The molecule has 0 aliphatic carbocycles. The van der Waals surface area contributed by atoms with Gasteiger partial charge < -0.3 is 0 Å². The van der Waals surface area contributed by atoms with Gasteiger partial charge in [0.1, 0.15) is 0 Å². The first kappa shape index (κ1) is 8.86. The first-order valence-corrected chi connectivity index (χ1v) is 6.88. The molecule has 0 aromatic heterocycles. The van der Waals surface area contributed by atoms with Crippen molar-refractivity contribution in [2.75, 3.05) is 24.6 Å². The predicted octanol–water partition coefficient (Wildman–Crippen LogP) is 1.85. The molecule has 0 saturated heterocycles. The summed E-state index contributed by atoms with van der Waals surface area (Å²) in [6.07, 6.45) is 5.98. The molecular formula is C6H18P2. The van der Waals surface area contributed by atoms with Gasteiger partial charge in [-0.15, -0.1) is 0 Å². The maximum absolute atomic E-state index is 2.33. The van der Waals surface area contributed by atoms with Crippen LogP contribution >= 0.6 is 17.2 Å². The van der Waals surface area contributed by atoms with Gasteiger partial charge in [-0.25, -0.2) is 0 Å². The predicted molar refractivity (Wildman–Crippen MR) is 50.2 cm³/mol. The average Bonchev–Trinajstić information content (AvgIpc) is 1.83. The van der Waals surface area contributed by atoms with Gasteiger partial charge in [-0.05, 0) is 0 Å². The van der Waals surface area contributed by atoms with Crippen LogP contribution in [0.25, 0.3) is 0 Å². The fourth-order valence-electron chi connectivity index (χ4n) is 0.856. The Balaban J connectivity index is 3.07. The Morgan fingerprint density at radius 3 is 1.88 bits per heavy atom. The van der Waals surface area contributed by atoms with E-state index < -0.39 is 0 Å². The third kappa shape index (κ3) is 3.81. The molecule has 0 nitrogen and oxygen atoms in total. The molecule has 0 aromatic rings. The van der Waals surface area contributed by atoms with Crippen LogP contribution in [-0.4, -0.2) is 24.6 Å². The second-order valence-electron chi connectivity index (χ2n) is 2.03. The van der Waals surface area contributed by atoms with Crippen LogP contribution in [0.4, 0.5) is 0 Å². The summed E-state index contributed by atoms with van der Waals surface area (Å²) < 4.78 is 0. The minimum atomic E-state index is 0.478. The van der Waals surface area contributed by atoms with Crippen LogP contribution in [0.1, 0.15) is 13.8 Å². The molecule has 0 radical (unpaired) electrons. The van der Waals surface area contributed by atoms with E-state index in [0.29, 0.717) is 7.92 Å². The van der Waals surface area contributed by atoms with Crippen molar-refractivity contribution >= 4 is 17.2 Å². The van der Waals surface area contributed by atoms with Gasteiger partial charge in [0, 0.05) is 0 Å².